The molecule has 2 nitrogen and oxygen atoms in total. The van der Waals surface area contributed by atoms with Crippen molar-refractivity contribution in [2.75, 3.05) is 13.1 Å². The number of ketones is 1. The Kier molecular flexibility index (Phi) is 5.39. The van der Waals surface area contributed by atoms with Gasteiger partial charge in [0.15, 0.2) is 5.78 Å². The molecule has 116 valence electrons. The monoisotopic (exact) mass is 311 g/mol. The summed E-state index contributed by atoms with van der Waals surface area (Å²) < 4.78 is 13.9. The van der Waals surface area contributed by atoms with E-state index in [1.165, 1.54) is 18.9 Å². The minimum Gasteiger partial charge on any atom is -0.297 e. The number of hydrogen-bond acceptors (Lipinski definition) is 2. The van der Waals surface area contributed by atoms with Crippen molar-refractivity contribution in [1.82, 2.24) is 4.90 Å². The summed E-state index contributed by atoms with van der Waals surface area (Å²) >= 11 is 5.75. The van der Waals surface area contributed by atoms with E-state index >= 15 is 0 Å². The second kappa shape index (κ2) is 6.89. The molecule has 4 heteroatoms. The molecule has 0 amide bonds. The molecule has 0 atom stereocenters. The van der Waals surface area contributed by atoms with Crippen molar-refractivity contribution >= 4 is 17.4 Å². The van der Waals surface area contributed by atoms with E-state index in [0.717, 1.165) is 25.9 Å². The van der Waals surface area contributed by atoms with Crippen LogP contribution in [-0.2, 0) is 11.2 Å². The highest BCUT2D eigenvalue weighted by Crippen LogP contribution is 2.24. The Morgan fingerprint density at radius 1 is 1.24 bits per heavy atom. The van der Waals surface area contributed by atoms with Gasteiger partial charge in [-0.3, -0.25) is 9.69 Å². The minimum atomic E-state index is -0.545. The van der Waals surface area contributed by atoms with E-state index < -0.39 is 11.4 Å². The fraction of sp³-hybridized carbons (Fsp3) is 0.588. The summed E-state index contributed by atoms with van der Waals surface area (Å²) in [4.78, 5) is 14.9. The molecule has 1 saturated heterocycles. The highest BCUT2D eigenvalue weighted by atomic mass is 35.5. The van der Waals surface area contributed by atoms with Crippen molar-refractivity contribution in [1.29, 1.82) is 0 Å². The first-order valence-corrected chi connectivity index (χ1v) is 8.01. The van der Waals surface area contributed by atoms with Crippen LogP contribution in [0.2, 0.25) is 5.02 Å². The lowest BCUT2D eigenvalue weighted by atomic mass is 9.91. The number of Topliss-reactive ketones (excluding diaryl/α,β-unsaturated/α-hetero) is 1. The number of likely N-dealkylation sites (tertiary alicyclic amines) is 1. The number of rotatable bonds is 4. The molecular weight excluding hydrogens is 289 g/mol. The van der Waals surface area contributed by atoms with Gasteiger partial charge in [0.1, 0.15) is 5.82 Å². The van der Waals surface area contributed by atoms with Gasteiger partial charge in [-0.25, -0.2) is 4.39 Å². The van der Waals surface area contributed by atoms with Gasteiger partial charge in [-0.1, -0.05) is 30.5 Å². The van der Waals surface area contributed by atoms with E-state index in [9.17, 15) is 9.18 Å². The maximum atomic E-state index is 13.9. The van der Waals surface area contributed by atoms with Crippen LogP contribution in [0.25, 0.3) is 0 Å². The number of halogens is 2. The summed E-state index contributed by atoms with van der Waals surface area (Å²) in [6.07, 6.45) is 4.84. The zero-order valence-corrected chi connectivity index (χ0v) is 13.5. The highest BCUT2D eigenvalue weighted by Gasteiger charge is 2.34. The molecule has 2 rings (SSSR count). The van der Waals surface area contributed by atoms with Crippen LogP contribution < -0.4 is 0 Å². The third-order valence-electron chi connectivity index (χ3n) is 4.45. The van der Waals surface area contributed by atoms with Crippen molar-refractivity contribution < 1.29 is 9.18 Å². The fourth-order valence-electron chi connectivity index (χ4n) is 2.86. The molecule has 1 heterocycles. The number of benzene rings is 1. The molecule has 1 aliphatic heterocycles. The first-order valence-electron chi connectivity index (χ1n) is 7.63. The molecule has 1 fully saturated rings. The molecule has 0 radical (unpaired) electrons. The van der Waals surface area contributed by atoms with Crippen LogP contribution in [-0.4, -0.2) is 29.3 Å². The smallest absolute Gasteiger partial charge is 0.156 e. The van der Waals surface area contributed by atoms with Gasteiger partial charge in [0.2, 0.25) is 0 Å². The Balaban J connectivity index is 2.10. The van der Waals surface area contributed by atoms with Crippen LogP contribution in [0.5, 0.6) is 0 Å². The Labute approximate surface area is 131 Å². The topological polar surface area (TPSA) is 20.3 Å². The Morgan fingerprint density at radius 2 is 1.86 bits per heavy atom. The lowest BCUT2D eigenvalue weighted by Gasteiger charge is -2.36. The van der Waals surface area contributed by atoms with Crippen molar-refractivity contribution in [3.05, 3.63) is 34.6 Å². The van der Waals surface area contributed by atoms with Crippen LogP contribution in [0.3, 0.4) is 0 Å². The van der Waals surface area contributed by atoms with Gasteiger partial charge in [-0.15, -0.1) is 0 Å². The molecule has 0 N–H and O–H groups in total. The average Bonchev–Trinajstić information content (AvgIpc) is 2.71. The van der Waals surface area contributed by atoms with Crippen LogP contribution in [0.15, 0.2) is 18.2 Å². The Bertz CT molecular complexity index is 508. The van der Waals surface area contributed by atoms with Crippen molar-refractivity contribution in [2.45, 2.75) is 51.5 Å². The molecule has 0 aromatic heterocycles. The van der Waals surface area contributed by atoms with Crippen molar-refractivity contribution in [2.24, 2.45) is 0 Å². The third kappa shape index (κ3) is 4.04. The normalized spacial score (nSPS) is 17.5. The zero-order chi connectivity index (χ0) is 15.5. The van der Waals surface area contributed by atoms with Gasteiger partial charge in [0, 0.05) is 11.4 Å². The highest BCUT2D eigenvalue weighted by molar-refractivity contribution is 6.30. The summed E-state index contributed by atoms with van der Waals surface area (Å²) in [6, 6.07) is 4.50. The quantitative estimate of drug-likeness (QED) is 0.828. The second-order valence-electron chi connectivity index (χ2n) is 6.30. The van der Waals surface area contributed by atoms with E-state index in [0.29, 0.717) is 10.6 Å². The summed E-state index contributed by atoms with van der Waals surface area (Å²) in [7, 11) is 0. The third-order valence-corrected chi connectivity index (χ3v) is 4.68. The Morgan fingerprint density at radius 3 is 2.43 bits per heavy atom. The van der Waals surface area contributed by atoms with Gasteiger partial charge in [0.05, 0.1) is 5.54 Å². The molecule has 1 aliphatic rings. The van der Waals surface area contributed by atoms with Gasteiger partial charge in [-0.05, 0) is 57.5 Å². The standard InChI is InChI=1S/C17H23ClFNO/c1-17(2,20-9-5-3-4-6-10-20)16(21)11-13-7-8-14(18)12-15(13)19/h7-8,12H,3-6,9-11H2,1-2H3. The largest absolute Gasteiger partial charge is 0.297 e. The summed E-state index contributed by atoms with van der Waals surface area (Å²) in [5, 5.41) is 0.357. The van der Waals surface area contributed by atoms with E-state index in [1.54, 1.807) is 12.1 Å². The summed E-state index contributed by atoms with van der Waals surface area (Å²) in [6.45, 7) is 5.80. The van der Waals surface area contributed by atoms with Crippen molar-refractivity contribution in [3.63, 3.8) is 0 Å². The predicted octanol–water partition coefficient (Wildman–Crippen LogP) is 4.25. The molecule has 0 unspecified atom stereocenters. The SMILES string of the molecule is CC(C)(C(=O)Cc1ccc(Cl)cc1F)N1CCCCCC1. The second-order valence-corrected chi connectivity index (χ2v) is 6.73. The summed E-state index contributed by atoms with van der Waals surface area (Å²) in [5.41, 5.74) is -0.122. The summed E-state index contributed by atoms with van der Waals surface area (Å²) in [5.74, 6) is -0.340. The van der Waals surface area contributed by atoms with Crippen molar-refractivity contribution in [3.8, 4) is 0 Å². The van der Waals surface area contributed by atoms with Crippen LogP contribution in [0.4, 0.5) is 4.39 Å². The maximum absolute atomic E-state index is 13.9. The van der Waals surface area contributed by atoms with Crippen LogP contribution in [0.1, 0.15) is 45.1 Å². The van der Waals surface area contributed by atoms with Gasteiger partial charge in [-0.2, -0.15) is 0 Å². The van der Waals surface area contributed by atoms with Gasteiger partial charge in [0.25, 0.3) is 0 Å². The minimum absolute atomic E-state index is 0.0608. The van der Waals surface area contributed by atoms with E-state index in [1.807, 2.05) is 13.8 Å². The van der Waals surface area contributed by atoms with E-state index in [-0.39, 0.29) is 12.2 Å². The van der Waals surface area contributed by atoms with E-state index in [2.05, 4.69) is 4.90 Å². The molecule has 0 aliphatic carbocycles. The first-order chi connectivity index (χ1) is 9.91. The molecule has 1 aromatic carbocycles. The van der Waals surface area contributed by atoms with E-state index in [4.69, 9.17) is 11.6 Å². The van der Waals surface area contributed by atoms with Gasteiger partial charge >= 0.3 is 0 Å². The molecule has 1 aromatic rings. The lowest BCUT2D eigenvalue weighted by Crippen LogP contribution is -2.51. The molecule has 0 spiro atoms. The molecular formula is C17H23ClFNO. The number of carbonyl (C=O) groups is 1. The Hall–Kier alpha value is -0.930. The van der Waals surface area contributed by atoms with Crippen LogP contribution >= 0.6 is 11.6 Å². The molecule has 21 heavy (non-hydrogen) atoms. The van der Waals surface area contributed by atoms with Crippen LogP contribution in [0, 0.1) is 5.82 Å². The number of hydrogen-bond donors (Lipinski definition) is 0. The first kappa shape index (κ1) is 16.4. The fourth-order valence-corrected chi connectivity index (χ4v) is 3.02. The van der Waals surface area contributed by atoms with Gasteiger partial charge < -0.3 is 0 Å². The number of nitrogens with zero attached hydrogens (tertiary/aromatic N) is 1. The average molecular weight is 312 g/mol. The number of carbonyl (C=O) groups excluding carboxylic acids is 1. The molecule has 0 saturated carbocycles. The predicted molar refractivity (Wildman–Crippen MR) is 84.2 cm³/mol. The molecule has 0 bridgehead atoms. The maximum Gasteiger partial charge on any atom is 0.156 e. The zero-order valence-electron chi connectivity index (χ0n) is 12.8. The lowest BCUT2D eigenvalue weighted by molar-refractivity contribution is -0.128.